The summed E-state index contributed by atoms with van der Waals surface area (Å²) < 4.78 is 5.85. The first-order chi connectivity index (χ1) is 13.7. The van der Waals surface area contributed by atoms with Gasteiger partial charge in [0, 0.05) is 16.5 Å². The minimum atomic E-state index is -1.58. The third kappa shape index (κ3) is 4.76. The van der Waals surface area contributed by atoms with Crippen LogP contribution in [-0.2, 0) is 14.9 Å². The molecule has 0 bridgehead atoms. The van der Waals surface area contributed by atoms with Crippen LogP contribution in [0.4, 0.5) is 0 Å². The molecule has 0 radical (unpaired) electrons. The number of ether oxygens (including phenoxy) is 1. The molecule has 0 aliphatic heterocycles. The number of aliphatic hydroxyl groups excluding tert-OH is 1. The number of benzene rings is 2. The first-order valence-electron chi connectivity index (χ1n) is 10.1. The minimum absolute atomic E-state index is 0.0604. The van der Waals surface area contributed by atoms with E-state index >= 15 is 0 Å². The molecule has 0 saturated heterocycles. The van der Waals surface area contributed by atoms with Crippen molar-refractivity contribution in [2.45, 2.75) is 57.7 Å². The molecule has 29 heavy (non-hydrogen) atoms. The van der Waals surface area contributed by atoms with Gasteiger partial charge in [0.05, 0.1) is 0 Å². The van der Waals surface area contributed by atoms with Crippen molar-refractivity contribution in [2.75, 3.05) is 0 Å². The quantitative estimate of drug-likeness (QED) is 0.640. The maximum atomic E-state index is 12.8. The third-order valence-corrected chi connectivity index (χ3v) is 6.51. The van der Waals surface area contributed by atoms with E-state index in [-0.39, 0.29) is 28.7 Å². The lowest BCUT2D eigenvalue weighted by atomic mass is 9.64. The summed E-state index contributed by atoms with van der Waals surface area (Å²) >= 11 is 5.95. The average Bonchev–Trinajstić information content (AvgIpc) is 2.69. The van der Waals surface area contributed by atoms with Crippen molar-refractivity contribution in [3.8, 4) is 5.75 Å². The second-order valence-electron chi connectivity index (χ2n) is 8.69. The highest BCUT2D eigenvalue weighted by molar-refractivity contribution is 6.30. The monoisotopic (exact) mass is 416 g/mol. The fourth-order valence-corrected chi connectivity index (χ4v) is 4.63. The van der Waals surface area contributed by atoms with Crippen LogP contribution in [-0.4, -0.2) is 22.3 Å². The van der Waals surface area contributed by atoms with Gasteiger partial charge in [0.2, 0.25) is 0 Å². The molecule has 2 aromatic carbocycles. The van der Waals surface area contributed by atoms with E-state index in [1.165, 1.54) is 23.8 Å². The molecule has 0 spiro atoms. The van der Waals surface area contributed by atoms with Gasteiger partial charge in [0.1, 0.15) is 11.9 Å². The van der Waals surface area contributed by atoms with Crippen molar-refractivity contribution in [2.24, 2.45) is 11.8 Å². The molecule has 156 valence electrons. The number of carbonyl (C=O) groups is 1. The number of aliphatic hydroxyl groups is 1. The lowest BCUT2D eigenvalue weighted by Gasteiger charge is -2.44. The number of hydrogen-bond acceptors (Lipinski definition) is 4. The Morgan fingerprint density at radius 2 is 1.86 bits per heavy atom. The van der Waals surface area contributed by atoms with Crippen LogP contribution in [0.3, 0.4) is 0 Å². The topological polar surface area (TPSA) is 66.8 Å². The summed E-state index contributed by atoms with van der Waals surface area (Å²) in [6.07, 6.45) is 0.886. The van der Waals surface area contributed by atoms with Gasteiger partial charge in [-0.15, -0.1) is 0 Å². The maximum absolute atomic E-state index is 12.8. The maximum Gasteiger partial charge on any atom is 0.340 e. The number of carbonyl (C=O) groups excluding carboxylic acids is 1. The van der Waals surface area contributed by atoms with Gasteiger partial charge < -0.3 is 14.9 Å². The molecule has 0 amide bonds. The van der Waals surface area contributed by atoms with E-state index in [0.29, 0.717) is 10.9 Å². The standard InChI is InChI=1S/C24H29ClO4/c1-15-9-11-19(24(2,3)16-7-5-4-6-8-16)21(13-15)29-23(28)22(27)18-14-17(25)10-12-20(18)26/h4-8,10,12,14-15,19,21-22,26-27H,9,11,13H2,1-3H3/t15-,19-,21-,22+/m1/s1. The zero-order valence-corrected chi connectivity index (χ0v) is 17.9. The molecule has 1 aliphatic rings. The largest absolute Gasteiger partial charge is 0.508 e. The molecule has 0 unspecified atom stereocenters. The summed E-state index contributed by atoms with van der Waals surface area (Å²) in [5, 5.41) is 20.8. The van der Waals surface area contributed by atoms with Crippen molar-refractivity contribution in [3.05, 3.63) is 64.7 Å². The molecule has 2 aromatic rings. The van der Waals surface area contributed by atoms with E-state index in [9.17, 15) is 15.0 Å². The highest BCUT2D eigenvalue weighted by atomic mass is 35.5. The average molecular weight is 417 g/mol. The number of hydrogen-bond donors (Lipinski definition) is 2. The fraction of sp³-hybridized carbons (Fsp3) is 0.458. The van der Waals surface area contributed by atoms with Gasteiger partial charge in [-0.3, -0.25) is 0 Å². The highest BCUT2D eigenvalue weighted by Gasteiger charge is 2.42. The van der Waals surface area contributed by atoms with Gasteiger partial charge in [-0.25, -0.2) is 4.79 Å². The first kappa shape index (κ1) is 21.7. The highest BCUT2D eigenvalue weighted by Crippen LogP contribution is 2.44. The summed E-state index contributed by atoms with van der Waals surface area (Å²) in [5.41, 5.74) is 1.08. The van der Waals surface area contributed by atoms with Crippen LogP contribution in [0.2, 0.25) is 5.02 Å². The normalized spacial score (nSPS) is 23.4. The molecule has 3 rings (SSSR count). The number of halogens is 1. The summed E-state index contributed by atoms with van der Waals surface area (Å²) in [6, 6.07) is 14.5. The van der Waals surface area contributed by atoms with Crippen molar-refractivity contribution < 1.29 is 19.7 Å². The SMILES string of the molecule is C[C@@H]1CC[C@@H](C(C)(C)c2ccccc2)[C@H](OC(=O)[C@@H](O)c2cc(Cl)ccc2O)C1. The molecule has 1 saturated carbocycles. The van der Waals surface area contributed by atoms with Crippen LogP contribution >= 0.6 is 11.6 Å². The molecule has 5 heteroatoms. The Hall–Kier alpha value is -2.04. The zero-order valence-electron chi connectivity index (χ0n) is 17.1. The Morgan fingerprint density at radius 1 is 1.17 bits per heavy atom. The molecular formula is C24H29ClO4. The van der Waals surface area contributed by atoms with Gasteiger partial charge in [-0.2, -0.15) is 0 Å². The van der Waals surface area contributed by atoms with Gasteiger partial charge >= 0.3 is 5.97 Å². The Labute approximate surface area is 177 Å². The summed E-state index contributed by atoms with van der Waals surface area (Å²) in [7, 11) is 0. The van der Waals surface area contributed by atoms with Crippen LogP contribution < -0.4 is 0 Å². The summed E-state index contributed by atoms with van der Waals surface area (Å²) in [6.45, 7) is 6.53. The van der Waals surface area contributed by atoms with E-state index in [4.69, 9.17) is 16.3 Å². The number of aromatic hydroxyl groups is 1. The minimum Gasteiger partial charge on any atom is -0.508 e. The van der Waals surface area contributed by atoms with Crippen molar-refractivity contribution in [3.63, 3.8) is 0 Å². The second kappa shape index (κ2) is 8.76. The lowest BCUT2D eigenvalue weighted by molar-refractivity contribution is -0.167. The summed E-state index contributed by atoms with van der Waals surface area (Å²) in [5.74, 6) is -0.370. The molecular weight excluding hydrogens is 388 g/mol. The van der Waals surface area contributed by atoms with Crippen LogP contribution in [0, 0.1) is 11.8 Å². The summed E-state index contributed by atoms with van der Waals surface area (Å²) in [4.78, 5) is 12.8. The smallest absolute Gasteiger partial charge is 0.340 e. The van der Waals surface area contributed by atoms with E-state index in [2.05, 4.69) is 32.9 Å². The van der Waals surface area contributed by atoms with Gasteiger partial charge in [-0.05, 0) is 47.9 Å². The lowest BCUT2D eigenvalue weighted by Crippen LogP contribution is -2.44. The molecule has 2 N–H and O–H groups in total. The predicted octanol–water partition coefficient (Wildman–Crippen LogP) is 5.40. The number of rotatable bonds is 5. The molecule has 1 fully saturated rings. The van der Waals surface area contributed by atoms with Crippen molar-refractivity contribution in [1.82, 2.24) is 0 Å². The molecule has 4 nitrogen and oxygen atoms in total. The van der Waals surface area contributed by atoms with E-state index in [1.807, 2.05) is 18.2 Å². The van der Waals surface area contributed by atoms with Gasteiger partial charge in [0.15, 0.2) is 6.10 Å². The zero-order chi connectivity index (χ0) is 21.2. The van der Waals surface area contributed by atoms with Crippen molar-refractivity contribution in [1.29, 1.82) is 0 Å². The molecule has 0 heterocycles. The Balaban J connectivity index is 1.82. The van der Waals surface area contributed by atoms with Crippen LogP contribution in [0.25, 0.3) is 0 Å². The molecule has 1 aliphatic carbocycles. The first-order valence-corrected chi connectivity index (χ1v) is 10.5. The fourth-order valence-electron chi connectivity index (χ4n) is 4.45. The van der Waals surface area contributed by atoms with E-state index in [0.717, 1.165) is 19.3 Å². The molecule has 0 aromatic heterocycles. The molecule has 4 atom stereocenters. The van der Waals surface area contributed by atoms with E-state index in [1.54, 1.807) is 0 Å². The van der Waals surface area contributed by atoms with Crippen LogP contribution in [0.15, 0.2) is 48.5 Å². The Morgan fingerprint density at radius 3 is 2.55 bits per heavy atom. The van der Waals surface area contributed by atoms with Crippen LogP contribution in [0.5, 0.6) is 5.75 Å². The van der Waals surface area contributed by atoms with E-state index < -0.39 is 12.1 Å². The Kier molecular flexibility index (Phi) is 6.55. The number of phenols is 1. The van der Waals surface area contributed by atoms with Crippen LogP contribution in [0.1, 0.15) is 57.3 Å². The number of phenolic OH excluding ortho intramolecular Hbond substituents is 1. The number of esters is 1. The van der Waals surface area contributed by atoms with Crippen molar-refractivity contribution >= 4 is 17.6 Å². The third-order valence-electron chi connectivity index (χ3n) is 6.27. The van der Waals surface area contributed by atoms with Gasteiger partial charge in [-0.1, -0.05) is 69.1 Å². The predicted molar refractivity (Wildman–Crippen MR) is 114 cm³/mol. The second-order valence-corrected chi connectivity index (χ2v) is 9.13. The van der Waals surface area contributed by atoms with Gasteiger partial charge in [0.25, 0.3) is 0 Å². The Bertz CT molecular complexity index is 849.